The molecule has 0 radical (unpaired) electrons. The second-order valence-corrected chi connectivity index (χ2v) is 8.74. The van der Waals surface area contributed by atoms with Crippen LogP contribution in [0.4, 0.5) is 5.69 Å². The lowest BCUT2D eigenvalue weighted by atomic mass is 10.1. The Bertz CT molecular complexity index is 1410. The number of nitro benzene ring substituents is 1. The predicted molar refractivity (Wildman–Crippen MR) is 140 cm³/mol. The summed E-state index contributed by atoms with van der Waals surface area (Å²) in [6.45, 7) is 2.53. The summed E-state index contributed by atoms with van der Waals surface area (Å²) >= 11 is 2.14. The second-order valence-electron chi connectivity index (χ2n) is 7.57. The number of non-ortho nitro benzene ring substituents is 1. The molecule has 1 aromatic heterocycles. The van der Waals surface area contributed by atoms with Crippen LogP contribution in [-0.2, 0) is 6.54 Å². The first-order chi connectivity index (χ1) is 16.4. The van der Waals surface area contributed by atoms with Crippen LogP contribution >= 0.6 is 22.6 Å². The van der Waals surface area contributed by atoms with Crippen molar-refractivity contribution in [2.45, 2.75) is 13.5 Å². The molecule has 0 spiro atoms. The molecule has 34 heavy (non-hydrogen) atoms. The van der Waals surface area contributed by atoms with Crippen molar-refractivity contribution in [2.24, 2.45) is 5.10 Å². The number of para-hydroxylation sites is 1. The zero-order chi connectivity index (χ0) is 24.2. The lowest BCUT2D eigenvalue weighted by Gasteiger charge is -2.08. The fourth-order valence-electron chi connectivity index (χ4n) is 3.75. The third-order valence-electron chi connectivity index (χ3n) is 5.54. The summed E-state index contributed by atoms with van der Waals surface area (Å²) in [6.07, 6.45) is 1.64. The van der Waals surface area contributed by atoms with Gasteiger partial charge in [0.2, 0.25) is 0 Å². The minimum Gasteiger partial charge on any atom is -0.496 e. The Hall–Kier alpha value is -3.73. The fourth-order valence-corrected chi connectivity index (χ4v) is 4.31. The highest BCUT2D eigenvalue weighted by Gasteiger charge is 2.14. The van der Waals surface area contributed by atoms with E-state index in [0.717, 1.165) is 31.3 Å². The van der Waals surface area contributed by atoms with E-state index in [1.165, 1.54) is 12.1 Å². The number of benzene rings is 3. The first-order valence-corrected chi connectivity index (χ1v) is 11.4. The van der Waals surface area contributed by atoms with Crippen LogP contribution in [0.1, 0.15) is 27.2 Å². The number of amides is 1. The highest BCUT2D eigenvalue weighted by atomic mass is 127. The van der Waals surface area contributed by atoms with Crippen LogP contribution in [0.2, 0.25) is 0 Å². The third kappa shape index (κ3) is 4.79. The van der Waals surface area contributed by atoms with Crippen molar-refractivity contribution >= 4 is 51.3 Å². The van der Waals surface area contributed by atoms with Crippen LogP contribution in [0.3, 0.4) is 0 Å². The summed E-state index contributed by atoms with van der Waals surface area (Å²) in [6, 6.07) is 19.7. The molecule has 9 heteroatoms. The lowest BCUT2D eigenvalue weighted by molar-refractivity contribution is -0.384. The molecule has 0 saturated carbocycles. The monoisotopic (exact) mass is 568 g/mol. The number of nitrogens with zero attached hydrogens (tertiary/aromatic N) is 3. The number of hydrazone groups is 1. The molecule has 3 aromatic carbocycles. The van der Waals surface area contributed by atoms with Crippen molar-refractivity contribution in [3.05, 3.63) is 103 Å². The minimum absolute atomic E-state index is 0.0622. The van der Waals surface area contributed by atoms with Crippen molar-refractivity contribution in [1.82, 2.24) is 9.99 Å². The van der Waals surface area contributed by atoms with E-state index in [4.69, 9.17) is 4.74 Å². The summed E-state index contributed by atoms with van der Waals surface area (Å²) in [4.78, 5) is 23.1. The molecule has 0 unspecified atom stereocenters. The van der Waals surface area contributed by atoms with Gasteiger partial charge in [-0.15, -0.1) is 0 Å². The smallest absolute Gasteiger partial charge is 0.271 e. The molecule has 1 N–H and O–H groups in total. The molecule has 8 nitrogen and oxygen atoms in total. The largest absolute Gasteiger partial charge is 0.496 e. The molecule has 0 atom stereocenters. The third-order valence-corrected chi connectivity index (χ3v) is 6.43. The number of carbonyl (C=O) groups is 1. The lowest BCUT2D eigenvalue weighted by Crippen LogP contribution is -2.17. The van der Waals surface area contributed by atoms with Crippen molar-refractivity contribution in [3.63, 3.8) is 0 Å². The Balaban J connectivity index is 1.59. The van der Waals surface area contributed by atoms with Crippen LogP contribution < -0.4 is 10.2 Å². The molecule has 0 aliphatic carbocycles. The zero-order valence-electron chi connectivity index (χ0n) is 18.5. The Morgan fingerprint density at radius 2 is 1.91 bits per heavy atom. The zero-order valence-corrected chi connectivity index (χ0v) is 20.6. The molecular formula is C25H21IN4O4. The van der Waals surface area contributed by atoms with Gasteiger partial charge in [0.15, 0.2) is 0 Å². The molecular weight excluding hydrogens is 547 g/mol. The van der Waals surface area contributed by atoms with Gasteiger partial charge in [-0.2, -0.15) is 5.10 Å². The molecule has 4 aromatic rings. The molecule has 0 bridgehead atoms. The number of hydrogen-bond acceptors (Lipinski definition) is 5. The maximum absolute atomic E-state index is 12.5. The number of rotatable bonds is 7. The number of carbonyl (C=O) groups excluding carboxylic acids is 1. The number of hydrogen-bond donors (Lipinski definition) is 1. The van der Waals surface area contributed by atoms with Crippen molar-refractivity contribution in [1.29, 1.82) is 0 Å². The van der Waals surface area contributed by atoms with Gasteiger partial charge in [-0.1, -0.05) is 30.3 Å². The average Bonchev–Trinajstić information content (AvgIpc) is 3.10. The van der Waals surface area contributed by atoms with E-state index >= 15 is 0 Å². The number of aromatic nitrogens is 1. The highest BCUT2D eigenvalue weighted by Crippen LogP contribution is 2.26. The van der Waals surface area contributed by atoms with E-state index in [-0.39, 0.29) is 11.6 Å². The van der Waals surface area contributed by atoms with Crippen molar-refractivity contribution < 1.29 is 14.5 Å². The van der Waals surface area contributed by atoms with Crippen molar-refractivity contribution in [2.75, 3.05) is 7.11 Å². The fraction of sp³-hybridized carbons (Fsp3) is 0.120. The van der Waals surface area contributed by atoms with Crippen LogP contribution in [0, 0.1) is 20.6 Å². The van der Waals surface area contributed by atoms with Crippen LogP contribution in [0.25, 0.3) is 10.9 Å². The predicted octanol–water partition coefficient (Wildman–Crippen LogP) is 5.28. The summed E-state index contributed by atoms with van der Waals surface area (Å²) in [7, 11) is 1.56. The standard InChI is InChI=1S/C25H21IN4O4/c1-16-21(14-27-28-25(31)18-9-12-22(26)24(13-18)34-2)20-5-3-4-6-23(20)29(16)15-17-7-10-19(11-8-17)30(32)33/h3-14H,15H2,1-2H3,(H,28,31)/b27-14-. The summed E-state index contributed by atoms with van der Waals surface area (Å²) in [5.74, 6) is 0.292. The number of ether oxygens (including phenoxy) is 1. The number of nitro groups is 1. The van der Waals surface area contributed by atoms with E-state index < -0.39 is 4.92 Å². The first-order valence-electron chi connectivity index (χ1n) is 10.4. The average molecular weight is 568 g/mol. The van der Waals surface area contributed by atoms with E-state index in [2.05, 4.69) is 37.7 Å². The first kappa shape index (κ1) is 23.4. The van der Waals surface area contributed by atoms with Gasteiger partial charge in [0, 0.05) is 46.4 Å². The molecule has 1 heterocycles. The normalized spacial score (nSPS) is 11.1. The summed E-state index contributed by atoms with van der Waals surface area (Å²) in [5.41, 5.74) is 6.90. The van der Waals surface area contributed by atoms with Crippen LogP contribution in [0.15, 0.2) is 71.8 Å². The van der Waals surface area contributed by atoms with Gasteiger partial charge in [-0.3, -0.25) is 14.9 Å². The topological polar surface area (TPSA) is 98.8 Å². The summed E-state index contributed by atoms with van der Waals surface area (Å²) < 4.78 is 8.32. The molecule has 4 rings (SSSR count). The highest BCUT2D eigenvalue weighted by molar-refractivity contribution is 14.1. The molecule has 0 aliphatic rings. The van der Waals surface area contributed by atoms with Gasteiger partial charge >= 0.3 is 0 Å². The van der Waals surface area contributed by atoms with E-state index in [9.17, 15) is 14.9 Å². The van der Waals surface area contributed by atoms with Gasteiger partial charge in [-0.25, -0.2) is 5.43 Å². The Labute approximate surface area is 209 Å². The Morgan fingerprint density at radius 3 is 2.62 bits per heavy atom. The number of halogens is 1. The van der Waals surface area contributed by atoms with Gasteiger partial charge in [0.05, 0.1) is 21.8 Å². The maximum Gasteiger partial charge on any atom is 0.271 e. The molecule has 0 aliphatic heterocycles. The number of methoxy groups -OCH3 is 1. The van der Waals surface area contributed by atoms with E-state index in [1.807, 2.05) is 37.3 Å². The SMILES string of the molecule is COc1cc(C(=O)N/N=C\c2c(C)n(Cc3ccc([N+](=O)[O-])cc3)c3ccccc23)ccc1I. The van der Waals surface area contributed by atoms with Gasteiger partial charge in [0.1, 0.15) is 5.75 Å². The Morgan fingerprint density at radius 1 is 1.18 bits per heavy atom. The van der Waals surface area contributed by atoms with Crippen LogP contribution in [-0.4, -0.2) is 28.7 Å². The van der Waals surface area contributed by atoms with Gasteiger partial charge < -0.3 is 9.30 Å². The van der Waals surface area contributed by atoms with Crippen molar-refractivity contribution in [3.8, 4) is 5.75 Å². The van der Waals surface area contributed by atoms with Gasteiger partial charge in [-0.05, 0) is 59.3 Å². The second kappa shape index (κ2) is 10.0. The number of fused-ring (bicyclic) bond motifs is 1. The van der Waals surface area contributed by atoms with Crippen LogP contribution in [0.5, 0.6) is 5.75 Å². The maximum atomic E-state index is 12.5. The van der Waals surface area contributed by atoms with Gasteiger partial charge in [0.25, 0.3) is 11.6 Å². The molecule has 0 fully saturated rings. The Kier molecular flexibility index (Phi) is 6.92. The van der Waals surface area contributed by atoms with E-state index in [0.29, 0.717) is 17.9 Å². The molecule has 0 saturated heterocycles. The summed E-state index contributed by atoms with van der Waals surface area (Å²) in [5, 5.41) is 16.1. The van der Waals surface area contributed by atoms with E-state index in [1.54, 1.807) is 37.6 Å². The minimum atomic E-state index is -0.407. The molecule has 1 amide bonds. The quantitative estimate of drug-likeness (QED) is 0.142. The number of nitrogens with one attached hydrogen (secondary N) is 1. The molecule has 172 valence electrons.